The number of rotatable bonds is 5. The highest BCUT2D eigenvalue weighted by molar-refractivity contribution is 7.90. The highest BCUT2D eigenvalue weighted by Gasteiger charge is 2.00. The zero-order valence-electron chi connectivity index (χ0n) is 7.41. The van der Waals surface area contributed by atoms with Crippen LogP contribution in [0, 0.1) is 6.26 Å². The van der Waals surface area contributed by atoms with E-state index in [-0.39, 0.29) is 5.75 Å². The van der Waals surface area contributed by atoms with Gasteiger partial charge in [0.2, 0.25) is 0 Å². The van der Waals surface area contributed by atoms with Crippen LogP contribution >= 0.6 is 0 Å². The van der Waals surface area contributed by atoms with E-state index >= 15 is 0 Å². The summed E-state index contributed by atoms with van der Waals surface area (Å²) in [6.45, 7) is 1.05. The minimum Gasteiger partial charge on any atom is -0.461 e. The highest BCUT2D eigenvalue weighted by atomic mass is 32.2. The summed E-state index contributed by atoms with van der Waals surface area (Å²) in [7, 11) is -2.86. The summed E-state index contributed by atoms with van der Waals surface area (Å²) in [6, 6.07) is 1.79. The zero-order valence-corrected chi connectivity index (χ0v) is 8.23. The fourth-order valence-corrected chi connectivity index (χ4v) is 1.35. The minimum atomic E-state index is -2.86. The van der Waals surface area contributed by atoms with Crippen LogP contribution in [0.2, 0.25) is 0 Å². The molecular formula is C8H12NO3S. The Morgan fingerprint density at radius 3 is 2.92 bits per heavy atom. The van der Waals surface area contributed by atoms with Crippen LogP contribution in [0.4, 0.5) is 0 Å². The van der Waals surface area contributed by atoms with Crippen molar-refractivity contribution in [2.45, 2.75) is 6.54 Å². The molecule has 0 aliphatic carbocycles. The molecule has 4 nitrogen and oxygen atoms in total. The van der Waals surface area contributed by atoms with Crippen LogP contribution in [0.5, 0.6) is 0 Å². The number of nitrogens with one attached hydrogen (secondary N) is 1. The minimum absolute atomic E-state index is 0.158. The molecule has 0 unspecified atom stereocenters. The van der Waals surface area contributed by atoms with Gasteiger partial charge in [-0.3, -0.25) is 0 Å². The summed E-state index contributed by atoms with van der Waals surface area (Å²) in [5.41, 5.74) is 0.897. The van der Waals surface area contributed by atoms with E-state index in [9.17, 15) is 8.42 Å². The third-order valence-electron chi connectivity index (χ3n) is 1.49. The smallest absolute Gasteiger partial charge is 0.173 e. The van der Waals surface area contributed by atoms with Gasteiger partial charge in [0.05, 0.1) is 12.0 Å². The highest BCUT2D eigenvalue weighted by Crippen LogP contribution is 1.96. The first-order chi connectivity index (χ1) is 6.08. The molecule has 0 saturated heterocycles. The largest absolute Gasteiger partial charge is 0.461 e. The lowest BCUT2D eigenvalue weighted by Crippen LogP contribution is -2.21. The predicted octanol–water partition coefficient (Wildman–Crippen LogP) is 0.214. The number of sulfone groups is 1. The Morgan fingerprint density at radius 1 is 1.62 bits per heavy atom. The van der Waals surface area contributed by atoms with Crippen LogP contribution < -0.4 is 5.32 Å². The first kappa shape index (κ1) is 10.3. The molecule has 13 heavy (non-hydrogen) atoms. The molecule has 0 aliphatic heterocycles. The second-order valence-corrected chi connectivity index (χ2v) is 5.11. The molecule has 1 heterocycles. The summed E-state index contributed by atoms with van der Waals surface area (Å²) in [5.74, 6) is 0.158. The van der Waals surface area contributed by atoms with Crippen molar-refractivity contribution in [3.63, 3.8) is 0 Å². The third-order valence-corrected chi connectivity index (χ3v) is 2.44. The maximum Gasteiger partial charge on any atom is 0.173 e. The van der Waals surface area contributed by atoms with Gasteiger partial charge in [-0.15, -0.1) is 0 Å². The molecule has 1 rings (SSSR count). The van der Waals surface area contributed by atoms with Gasteiger partial charge in [0.25, 0.3) is 0 Å². The van der Waals surface area contributed by atoms with Gasteiger partial charge in [0.1, 0.15) is 9.84 Å². The van der Waals surface area contributed by atoms with E-state index in [0.717, 1.165) is 5.56 Å². The van der Waals surface area contributed by atoms with Crippen molar-refractivity contribution in [1.82, 2.24) is 5.32 Å². The zero-order chi connectivity index (χ0) is 9.73. The van der Waals surface area contributed by atoms with Gasteiger partial charge in [-0.1, -0.05) is 0 Å². The Labute approximate surface area is 77.9 Å². The normalized spacial score (nSPS) is 11.8. The molecule has 0 aliphatic rings. The monoisotopic (exact) mass is 202 g/mol. The van der Waals surface area contributed by atoms with E-state index in [1.54, 1.807) is 6.07 Å². The fraction of sp³-hybridized carbons (Fsp3) is 0.500. The molecule has 0 fully saturated rings. The average Bonchev–Trinajstić information content (AvgIpc) is 2.48. The summed E-state index contributed by atoms with van der Waals surface area (Å²) in [4.78, 5) is 0. The summed E-state index contributed by atoms with van der Waals surface area (Å²) >= 11 is 0. The van der Waals surface area contributed by atoms with Crippen LogP contribution in [0.1, 0.15) is 5.56 Å². The predicted molar refractivity (Wildman–Crippen MR) is 49.0 cm³/mol. The summed E-state index contributed by atoms with van der Waals surface area (Å²) < 4.78 is 26.2. The van der Waals surface area contributed by atoms with Crippen LogP contribution in [0.25, 0.3) is 0 Å². The Balaban J connectivity index is 2.16. The Hall–Kier alpha value is -0.810. The Bertz CT molecular complexity index is 328. The molecule has 73 valence electrons. The molecule has 1 N–H and O–H groups in total. The molecule has 1 radical (unpaired) electrons. The fourth-order valence-electron chi connectivity index (χ4n) is 0.836. The molecule has 1 aromatic heterocycles. The van der Waals surface area contributed by atoms with Crippen LogP contribution in [-0.2, 0) is 16.4 Å². The van der Waals surface area contributed by atoms with Crippen molar-refractivity contribution in [1.29, 1.82) is 0 Å². The standard InChI is InChI=1S/C8H12NO3S/c1-13(10,11)5-3-9-6-8-2-4-12-7-8/h2,4,9H,3,5-6H2,1H3. The lowest BCUT2D eigenvalue weighted by molar-refractivity contribution is 0.551. The number of furan rings is 1. The molecular weight excluding hydrogens is 190 g/mol. The van der Waals surface area contributed by atoms with Crippen LogP contribution in [0.3, 0.4) is 0 Å². The van der Waals surface area contributed by atoms with E-state index in [1.165, 1.54) is 12.5 Å². The number of hydrogen-bond donors (Lipinski definition) is 1. The van der Waals surface area contributed by atoms with Gasteiger partial charge >= 0.3 is 0 Å². The molecule has 0 spiro atoms. The quantitative estimate of drug-likeness (QED) is 0.694. The van der Waals surface area contributed by atoms with E-state index in [1.807, 2.05) is 0 Å². The van der Waals surface area contributed by atoms with Crippen molar-refractivity contribution in [2.75, 3.05) is 18.6 Å². The van der Waals surface area contributed by atoms with Gasteiger partial charge in [0.15, 0.2) is 6.26 Å². The third kappa shape index (κ3) is 4.69. The van der Waals surface area contributed by atoms with Gasteiger partial charge in [-0.25, -0.2) is 8.42 Å². The second-order valence-electron chi connectivity index (χ2n) is 2.85. The Morgan fingerprint density at radius 2 is 2.38 bits per heavy atom. The lowest BCUT2D eigenvalue weighted by Gasteiger charge is -2.00. The first-order valence-electron chi connectivity index (χ1n) is 3.90. The number of hydrogen-bond acceptors (Lipinski definition) is 4. The second kappa shape index (κ2) is 4.43. The van der Waals surface area contributed by atoms with Gasteiger partial charge in [0, 0.05) is 24.9 Å². The molecule has 0 aromatic carbocycles. The van der Waals surface area contributed by atoms with Crippen LogP contribution in [0.15, 0.2) is 16.7 Å². The SMILES string of the molecule is CS(=O)(=O)CCNCc1[c]occ1. The van der Waals surface area contributed by atoms with Crippen molar-refractivity contribution in [2.24, 2.45) is 0 Å². The topological polar surface area (TPSA) is 59.3 Å². The molecule has 5 heteroatoms. The van der Waals surface area contributed by atoms with Gasteiger partial charge in [-0.05, 0) is 6.07 Å². The summed E-state index contributed by atoms with van der Waals surface area (Å²) in [5, 5.41) is 2.97. The van der Waals surface area contributed by atoms with E-state index in [2.05, 4.69) is 11.6 Å². The molecule has 0 saturated carbocycles. The maximum absolute atomic E-state index is 10.7. The van der Waals surface area contributed by atoms with Crippen molar-refractivity contribution in [3.8, 4) is 0 Å². The molecule has 0 bridgehead atoms. The van der Waals surface area contributed by atoms with Gasteiger partial charge in [-0.2, -0.15) is 0 Å². The molecule has 1 aromatic rings. The van der Waals surface area contributed by atoms with E-state index in [0.29, 0.717) is 13.1 Å². The van der Waals surface area contributed by atoms with Crippen LogP contribution in [-0.4, -0.2) is 27.0 Å². The Kier molecular flexibility index (Phi) is 3.50. The van der Waals surface area contributed by atoms with Crippen molar-refractivity contribution >= 4 is 9.84 Å². The van der Waals surface area contributed by atoms with Crippen molar-refractivity contribution < 1.29 is 12.8 Å². The maximum atomic E-state index is 10.7. The lowest BCUT2D eigenvalue weighted by atomic mass is 10.3. The van der Waals surface area contributed by atoms with Crippen molar-refractivity contribution in [3.05, 3.63) is 24.2 Å². The molecule has 0 amide bonds. The summed E-state index contributed by atoms with van der Waals surface area (Å²) in [6.07, 6.45) is 5.40. The first-order valence-corrected chi connectivity index (χ1v) is 5.96. The van der Waals surface area contributed by atoms with E-state index < -0.39 is 9.84 Å². The average molecular weight is 202 g/mol. The molecule has 0 atom stereocenters. The van der Waals surface area contributed by atoms with E-state index in [4.69, 9.17) is 4.42 Å². The van der Waals surface area contributed by atoms with Gasteiger partial charge < -0.3 is 9.73 Å².